The molecular formula is C13H12ClNO4. The number of aryl methyl sites for hydroxylation is 1. The quantitative estimate of drug-likeness (QED) is 0.806. The maximum absolute atomic E-state index is 11.3. The third-order valence-electron chi connectivity index (χ3n) is 2.41. The summed E-state index contributed by atoms with van der Waals surface area (Å²) in [6.07, 6.45) is 0. The normalized spacial score (nSPS) is 10.3. The number of aromatic nitrogens is 1. The Morgan fingerprint density at radius 2 is 2.21 bits per heavy atom. The minimum Gasteiger partial charge on any atom is -0.486 e. The van der Waals surface area contributed by atoms with Crippen LogP contribution in [0.3, 0.4) is 0 Å². The van der Waals surface area contributed by atoms with Crippen molar-refractivity contribution in [2.75, 3.05) is 7.11 Å². The molecule has 1 aromatic heterocycles. The van der Waals surface area contributed by atoms with Crippen LogP contribution in [0.5, 0.6) is 5.75 Å². The fourth-order valence-corrected chi connectivity index (χ4v) is 1.74. The van der Waals surface area contributed by atoms with E-state index in [0.29, 0.717) is 27.8 Å². The average molecular weight is 282 g/mol. The third kappa shape index (κ3) is 3.26. The average Bonchev–Trinajstić information content (AvgIpc) is 2.82. The summed E-state index contributed by atoms with van der Waals surface area (Å²) in [5.41, 5.74) is 1.04. The first kappa shape index (κ1) is 13.4. The Labute approximate surface area is 115 Å². The molecule has 0 saturated carbocycles. The van der Waals surface area contributed by atoms with Crippen LogP contribution in [-0.4, -0.2) is 18.2 Å². The molecule has 0 spiro atoms. The number of carbonyl (C=O) groups is 1. The molecule has 0 amide bonds. The van der Waals surface area contributed by atoms with E-state index in [4.69, 9.17) is 20.9 Å². The van der Waals surface area contributed by atoms with E-state index < -0.39 is 5.97 Å². The fraction of sp³-hybridized carbons (Fsp3) is 0.231. The lowest BCUT2D eigenvalue weighted by atomic mass is 10.2. The van der Waals surface area contributed by atoms with Crippen LogP contribution in [0.25, 0.3) is 0 Å². The number of carbonyl (C=O) groups excluding carboxylic acids is 1. The molecule has 0 bridgehead atoms. The molecule has 0 aliphatic rings. The summed E-state index contributed by atoms with van der Waals surface area (Å²) < 4.78 is 15.0. The number of benzene rings is 1. The number of halogens is 1. The number of ether oxygens (including phenoxy) is 2. The second kappa shape index (κ2) is 5.75. The first-order valence-corrected chi connectivity index (χ1v) is 5.91. The first-order valence-electron chi connectivity index (χ1n) is 5.53. The van der Waals surface area contributed by atoms with Crippen LogP contribution in [0.15, 0.2) is 28.8 Å². The lowest BCUT2D eigenvalue weighted by Crippen LogP contribution is -2.02. The number of esters is 1. The predicted octanol–water partition coefficient (Wildman–Crippen LogP) is 3.00. The molecule has 0 atom stereocenters. The highest BCUT2D eigenvalue weighted by Gasteiger charge is 2.10. The number of methoxy groups -OCH3 is 1. The smallest absolute Gasteiger partial charge is 0.337 e. The van der Waals surface area contributed by atoms with Gasteiger partial charge < -0.3 is 14.0 Å². The highest BCUT2D eigenvalue weighted by Crippen LogP contribution is 2.26. The van der Waals surface area contributed by atoms with Gasteiger partial charge >= 0.3 is 5.97 Å². The molecule has 2 rings (SSSR count). The monoisotopic (exact) mass is 281 g/mol. The first-order chi connectivity index (χ1) is 9.10. The summed E-state index contributed by atoms with van der Waals surface area (Å²) in [4.78, 5) is 11.3. The van der Waals surface area contributed by atoms with Gasteiger partial charge in [0, 0.05) is 6.07 Å². The Morgan fingerprint density at radius 3 is 2.79 bits per heavy atom. The third-order valence-corrected chi connectivity index (χ3v) is 2.70. The Morgan fingerprint density at radius 1 is 1.42 bits per heavy atom. The topological polar surface area (TPSA) is 61.6 Å². The van der Waals surface area contributed by atoms with E-state index >= 15 is 0 Å². The zero-order valence-electron chi connectivity index (χ0n) is 10.5. The summed E-state index contributed by atoms with van der Waals surface area (Å²) in [5, 5.41) is 4.14. The van der Waals surface area contributed by atoms with Gasteiger partial charge in [0.2, 0.25) is 0 Å². The van der Waals surface area contributed by atoms with Crippen LogP contribution in [0.2, 0.25) is 5.02 Å². The highest BCUT2D eigenvalue weighted by molar-refractivity contribution is 6.32. The number of hydrogen-bond acceptors (Lipinski definition) is 5. The van der Waals surface area contributed by atoms with Gasteiger partial charge in [-0.3, -0.25) is 0 Å². The number of hydrogen-bond donors (Lipinski definition) is 0. The molecule has 2 aromatic rings. The van der Waals surface area contributed by atoms with Crippen molar-refractivity contribution in [2.45, 2.75) is 13.5 Å². The summed E-state index contributed by atoms with van der Waals surface area (Å²) in [6.45, 7) is 2.04. The molecule has 1 heterocycles. The molecule has 0 saturated heterocycles. The number of rotatable bonds is 4. The van der Waals surface area contributed by atoms with E-state index in [9.17, 15) is 4.79 Å². The van der Waals surface area contributed by atoms with Crippen LogP contribution in [0.1, 0.15) is 21.8 Å². The maximum atomic E-state index is 11.3. The molecule has 0 N–H and O–H groups in total. The van der Waals surface area contributed by atoms with Gasteiger partial charge in [-0.05, 0) is 25.1 Å². The zero-order valence-corrected chi connectivity index (χ0v) is 11.2. The minimum absolute atomic E-state index is 0.245. The molecule has 1 aromatic carbocycles. The van der Waals surface area contributed by atoms with Gasteiger partial charge in [0.15, 0.2) is 0 Å². The Hall–Kier alpha value is -2.01. The van der Waals surface area contributed by atoms with Crippen molar-refractivity contribution in [1.29, 1.82) is 0 Å². The van der Waals surface area contributed by atoms with Gasteiger partial charge in [-0.1, -0.05) is 16.8 Å². The van der Waals surface area contributed by atoms with Crippen LogP contribution in [-0.2, 0) is 11.3 Å². The van der Waals surface area contributed by atoms with E-state index in [1.807, 2.05) is 0 Å². The van der Waals surface area contributed by atoms with E-state index in [1.54, 1.807) is 25.1 Å². The molecule has 100 valence electrons. The molecule has 0 aliphatic carbocycles. The van der Waals surface area contributed by atoms with Gasteiger partial charge in [0.05, 0.1) is 17.7 Å². The molecule has 0 fully saturated rings. The maximum Gasteiger partial charge on any atom is 0.337 e. The van der Waals surface area contributed by atoms with Crippen molar-refractivity contribution >= 4 is 17.6 Å². The van der Waals surface area contributed by atoms with E-state index in [0.717, 1.165) is 0 Å². The van der Waals surface area contributed by atoms with Gasteiger partial charge in [0.1, 0.15) is 23.8 Å². The van der Waals surface area contributed by atoms with Crippen LogP contribution < -0.4 is 4.74 Å². The molecular weight excluding hydrogens is 270 g/mol. The van der Waals surface area contributed by atoms with Gasteiger partial charge in [-0.2, -0.15) is 0 Å². The van der Waals surface area contributed by atoms with Gasteiger partial charge in [-0.25, -0.2) is 4.79 Å². The van der Waals surface area contributed by atoms with Crippen LogP contribution in [0, 0.1) is 6.92 Å². The summed E-state index contributed by atoms with van der Waals surface area (Å²) in [5.74, 6) is 0.737. The standard InChI is InChI=1S/C13H12ClNO4/c1-8-5-10(15-19-8)7-18-12-4-3-9(6-11(12)14)13(16)17-2/h3-6H,7H2,1-2H3. The van der Waals surface area contributed by atoms with Crippen molar-refractivity contribution in [3.63, 3.8) is 0 Å². The van der Waals surface area contributed by atoms with Crippen molar-refractivity contribution in [2.24, 2.45) is 0 Å². The summed E-state index contributed by atoms with van der Waals surface area (Å²) >= 11 is 6.03. The molecule has 0 unspecified atom stereocenters. The lowest BCUT2D eigenvalue weighted by Gasteiger charge is -2.07. The fourth-order valence-electron chi connectivity index (χ4n) is 1.50. The lowest BCUT2D eigenvalue weighted by molar-refractivity contribution is 0.0600. The molecule has 19 heavy (non-hydrogen) atoms. The van der Waals surface area contributed by atoms with E-state index in [1.165, 1.54) is 13.2 Å². The second-order valence-electron chi connectivity index (χ2n) is 3.85. The van der Waals surface area contributed by atoms with Gasteiger partial charge in [0.25, 0.3) is 0 Å². The SMILES string of the molecule is COC(=O)c1ccc(OCc2cc(C)on2)c(Cl)c1. The largest absolute Gasteiger partial charge is 0.486 e. The molecule has 5 nitrogen and oxygen atoms in total. The molecule has 0 aliphatic heterocycles. The van der Waals surface area contributed by atoms with Crippen molar-refractivity contribution in [3.8, 4) is 5.75 Å². The van der Waals surface area contributed by atoms with E-state index in [2.05, 4.69) is 9.89 Å². The van der Waals surface area contributed by atoms with Crippen molar-refractivity contribution in [3.05, 3.63) is 46.3 Å². The molecule has 6 heteroatoms. The van der Waals surface area contributed by atoms with Crippen molar-refractivity contribution < 1.29 is 18.8 Å². The van der Waals surface area contributed by atoms with Crippen LogP contribution in [0.4, 0.5) is 0 Å². The molecule has 0 radical (unpaired) electrons. The Kier molecular flexibility index (Phi) is 4.06. The zero-order chi connectivity index (χ0) is 13.8. The van der Waals surface area contributed by atoms with E-state index in [-0.39, 0.29) is 6.61 Å². The van der Waals surface area contributed by atoms with Crippen molar-refractivity contribution in [1.82, 2.24) is 5.16 Å². The predicted molar refractivity (Wildman–Crippen MR) is 68.4 cm³/mol. The van der Waals surface area contributed by atoms with Crippen LogP contribution >= 0.6 is 11.6 Å². The Bertz CT molecular complexity index is 594. The highest BCUT2D eigenvalue weighted by atomic mass is 35.5. The minimum atomic E-state index is -0.444. The summed E-state index contributed by atoms with van der Waals surface area (Å²) in [7, 11) is 1.31. The number of nitrogens with zero attached hydrogens (tertiary/aromatic N) is 1. The van der Waals surface area contributed by atoms with Gasteiger partial charge in [-0.15, -0.1) is 0 Å². The Balaban J connectivity index is 2.07. The summed E-state index contributed by atoms with van der Waals surface area (Å²) in [6, 6.07) is 6.47. The second-order valence-corrected chi connectivity index (χ2v) is 4.26.